The molecule has 4 nitrogen and oxygen atoms in total. The first-order valence-corrected chi connectivity index (χ1v) is 6.95. The van der Waals surface area contributed by atoms with Crippen molar-refractivity contribution in [2.75, 3.05) is 12.4 Å². The molecule has 0 unspecified atom stereocenters. The van der Waals surface area contributed by atoms with Crippen LogP contribution in [0.5, 0.6) is 0 Å². The molecule has 1 rings (SSSR count). The number of nitrogens with one attached hydrogen (secondary N) is 2. The van der Waals surface area contributed by atoms with Crippen LogP contribution < -0.4 is 10.6 Å². The lowest BCUT2D eigenvalue weighted by atomic mass is 10.2. The monoisotopic (exact) mass is 360 g/mol. The second-order valence-corrected chi connectivity index (χ2v) is 5.18. The summed E-state index contributed by atoms with van der Waals surface area (Å²) in [6.45, 7) is 0. The van der Waals surface area contributed by atoms with Gasteiger partial charge in [0.2, 0.25) is 11.8 Å². The van der Waals surface area contributed by atoms with Crippen molar-refractivity contribution in [2.24, 2.45) is 0 Å². The van der Waals surface area contributed by atoms with Gasteiger partial charge in [-0.2, -0.15) is 0 Å². The molecule has 0 radical (unpaired) electrons. The molecule has 0 aliphatic heterocycles. The van der Waals surface area contributed by atoms with E-state index in [9.17, 15) is 9.59 Å². The predicted molar refractivity (Wildman–Crippen MR) is 80.3 cm³/mol. The van der Waals surface area contributed by atoms with E-state index in [1.807, 2.05) is 24.3 Å². The van der Waals surface area contributed by atoms with Gasteiger partial charge in [-0.15, -0.1) is 0 Å². The number of unbranched alkanes of at least 4 members (excludes halogenated alkanes) is 1. The van der Waals surface area contributed by atoms with Crippen molar-refractivity contribution in [3.8, 4) is 0 Å². The summed E-state index contributed by atoms with van der Waals surface area (Å²) in [5.74, 6) is 0.0150. The number of halogens is 1. The molecule has 0 bridgehead atoms. The first-order valence-electron chi connectivity index (χ1n) is 5.88. The molecule has 0 fully saturated rings. The molecule has 5 heteroatoms. The normalized spacial score (nSPS) is 9.89. The van der Waals surface area contributed by atoms with Gasteiger partial charge in [-0.05, 0) is 59.7 Å². The molecule has 0 aromatic heterocycles. The van der Waals surface area contributed by atoms with Crippen molar-refractivity contribution >= 4 is 40.1 Å². The molecular weight excluding hydrogens is 343 g/mol. The van der Waals surface area contributed by atoms with Gasteiger partial charge in [0.1, 0.15) is 0 Å². The lowest BCUT2D eigenvalue weighted by Crippen LogP contribution is -2.17. The number of amides is 2. The van der Waals surface area contributed by atoms with E-state index < -0.39 is 0 Å². The van der Waals surface area contributed by atoms with Gasteiger partial charge < -0.3 is 10.6 Å². The lowest BCUT2D eigenvalue weighted by Gasteiger charge is -2.05. The number of benzene rings is 1. The Morgan fingerprint density at radius 1 is 1.06 bits per heavy atom. The highest BCUT2D eigenvalue weighted by Gasteiger charge is 2.03. The minimum absolute atomic E-state index is 0.00638. The minimum atomic E-state index is -0.00638. The Balaban J connectivity index is 2.21. The van der Waals surface area contributed by atoms with E-state index in [0.29, 0.717) is 12.8 Å². The van der Waals surface area contributed by atoms with Crippen LogP contribution in [0.2, 0.25) is 0 Å². The average molecular weight is 360 g/mol. The maximum absolute atomic E-state index is 11.6. The number of carbonyl (C=O) groups is 2. The van der Waals surface area contributed by atoms with Gasteiger partial charge in [-0.1, -0.05) is 0 Å². The summed E-state index contributed by atoms with van der Waals surface area (Å²) >= 11 is 2.22. The fraction of sp³-hybridized carbons (Fsp3) is 0.385. The zero-order valence-electron chi connectivity index (χ0n) is 10.3. The largest absolute Gasteiger partial charge is 0.359 e. The number of hydrogen-bond donors (Lipinski definition) is 2. The third-order valence-electron chi connectivity index (χ3n) is 2.46. The molecule has 1 aromatic rings. The molecule has 0 aliphatic carbocycles. The maximum Gasteiger partial charge on any atom is 0.224 e. The van der Waals surface area contributed by atoms with Crippen LogP contribution in [0, 0.1) is 3.57 Å². The fourth-order valence-electron chi connectivity index (χ4n) is 1.45. The van der Waals surface area contributed by atoms with Crippen molar-refractivity contribution in [1.82, 2.24) is 5.32 Å². The second kappa shape index (κ2) is 8.07. The molecule has 0 saturated carbocycles. The number of hydrogen-bond acceptors (Lipinski definition) is 2. The van der Waals surface area contributed by atoms with Crippen LogP contribution in [-0.2, 0) is 9.59 Å². The molecule has 1 aromatic carbocycles. The standard InChI is InChI=1S/C13H17IN2O2/c1-15-12(17)4-2-3-5-13(18)16-11-8-6-10(14)7-9-11/h6-9H,2-5H2,1H3,(H,15,17)(H,16,18). The van der Waals surface area contributed by atoms with Crippen molar-refractivity contribution in [3.05, 3.63) is 27.8 Å². The van der Waals surface area contributed by atoms with E-state index in [2.05, 4.69) is 33.2 Å². The number of anilines is 1. The zero-order chi connectivity index (χ0) is 13.4. The van der Waals surface area contributed by atoms with Gasteiger partial charge in [-0.25, -0.2) is 0 Å². The average Bonchev–Trinajstić information content (AvgIpc) is 2.37. The Hall–Kier alpha value is -1.11. The topological polar surface area (TPSA) is 58.2 Å². The summed E-state index contributed by atoms with van der Waals surface area (Å²) in [5.41, 5.74) is 0.812. The Morgan fingerprint density at radius 3 is 2.17 bits per heavy atom. The highest BCUT2D eigenvalue weighted by Crippen LogP contribution is 2.12. The molecule has 0 spiro atoms. The summed E-state index contributed by atoms with van der Waals surface area (Å²) in [4.78, 5) is 22.6. The van der Waals surface area contributed by atoms with Crippen molar-refractivity contribution in [1.29, 1.82) is 0 Å². The third-order valence-corrected chi connectivity index (χ3v) is 3.18. The second-order valence-electron chi connectivity index (χ2n) is 3.94. The van der Waals surface area contributed by atoms with E-state index in [4.69, 9.17) is 0 Å². The highest BCUT2D eigenvalue weighted by atomic mass is 127. The predicted octanol–water partition coefficient (Wildman–Crippen LogP) is 2.54. The van der Waals surface area contributed by atoms with Crippen LogP contribution in [0.1, 0.15) is 25.7 Å². The summed E-state index contributed by atoms with van der Waals surface area (Å²) < 4.78 is 1.14. The highest BCUT2D eigenvalue weighted by molar-refractivity contribution is 14.1. The van der Waals surface area contributed by atoms with Crippen LogP contribution in [-0.4, -0.2) is 18.9 Å². The molecular formula is C13H17IN2O2. The van der Waals surface area contributed by atoms with Crippen molar-refractivity contribution in [2.45, 2.75) is 25.7 Å². The van der Waals surface area contributed by atoms with Crippen LogP contribution in [0.25, 0.3) is 0 Å². The quantitative estimate of drug-likeness (QED) is 0.605. The van der Waals surface area contributed by atoms with E-state index in [-0.39, 0.29) is 11.8 Å². The van der Waals surface area contributed by atoms with Gasteiger partial charge in [0.05, 0.1) is 0 Å². The van der Waals surface area contributed by atoms with Gasteiger partial charge in [0, 0.05) is 29.1 Å². The molecule has 98 valence electrons. The molecule has 0 heterocycles. The Morgan fingerprint density at radius 2 is 1.61 bits per heavy atom. The first kappa shape index (κ1) is 14.9. The van der Waals surface area contributed by atoms with E-state index in [1.165, 1.54) is 0 Å². The SMILES string of the molecule is CNC(=O)CCCCC(=O)Nc1ccc(I)cc1. The Bertz CT molecular complexity index is 404. The fourth-order valence-corrected chi connectivity index (χ4v) is 1.81. The molecule has 0 saturated heterocycles. The minimum Gasteiger partial charge on any atom is -0.359 e. The third kappa shape index (κ3) is 6.00. The van der Waals surface area contributed by atoms with Gasteiger partial charge >= 0.3 is 0 Å². The molecule has 2 N–H and O–H groups in total. The Labute approximate surface area is 121 Å². The summed E-state index contributed by atoms with van der Waals surface area (Å²) in [6, 6.07) is 7.65. The smallest absolute Gasteiger partial charge is 0.224 e. The van der Waals surface area contributed by atoms with Gasteiger partial charge in [0.25, 0.3) is 0 Å². The Kier molecular flexibility index (Phi) is 6.70. The molecule has 2 amide bonds. The van der Waals surface area contributed by atoms with Crippen LogP contribution in [0.3, 0.4) is 0 Å². The molecule has 18 heavy (non-hydrogen) atoms. The van der Waals surface area contributed by atoms with Crippen molar-refractivity contribution < 1.29 is 9.59 Å². The van der Waals surface area contributed by atoms with Crippen LogP contribution >= 0.6 is 22.6 Å². The zero-order valence-corrected chi connectivity index (χ0v) is 12.5. The number of rotatable bonds is 6. The molecule has 0 aliphatic rings. The summed E-state index contributed by atoms with van der Waals surface area (Å²) in [5, 5.41) is 5.39. The van der Waals surface area contributed by atoms with E-state index >= 15 is 0 Å². The van der Waals surface area contributed by atoms with E-state index in [1.54, 1.807) is 7.05 Å². The van der Waals surface area contributed by atoms with Crippen LogP contribution in [0.4, 0.5) is 5.69 Å². The van der Waals surface area contributed by atoms with E-state index in [0.717, 1.165) is 22.1 Å². The number of carbonyl (C=O) groups excluding carboxylic acids is 2. The molecule has 0 atom stereocenters. The maximum atomic E-state index is 11.6. The van der Waals surface area contributed by atoms with Crippen LogP contribution in [0.15, 0.2) is 24.3 Å². The van der Waals surface area contributed by atoms with Crippen molar-refractivity contribution in [3.63, 3.8) is 0 Å². The summed E-state index contributed by atoms with van der Waals surface area (Å²) in [7, 11) is 1.62. The lowest BCUT2D eigenvalue weighted by molar-refractivity contribution is -0.121. The van der Waals surface area contributed by atoms with Gasteiger partial charge in [0.15, 0.2) is 0 Å². The summed E-state index contributed by atoms with van der Waals surface area (Å²) in [6.07, 6.45) is 2.39. The van der Waals surface area contributed by atoms with Gasteiger partial charge in [-0.3, -0.25) is 9.59 Å². The first-order chi connectivity index (χ1) is 8.61.